The third-order valence-electron chi connectivity index (χ3n) is 5.53. The fourth-order valence-electron chi connectivity index (χ4n) is 3.80. The number of hydrogen-bond donors (Lipinski definition) is 4. The summed E-state index contributed by atoms with van der Waals surface area (Å²) in [5.74, 6) is 0. The standard InChI is InChI=1S/C16H30O5/c1-11(17)15(7-3-13(19)4-8-15)21-16(12(2)18)9-5-14(20)6-10-16/h11-14,17-20H,3-10H2,1-2H3. The van der Waals surface area contributed by atoms with E-state index in [1.54, 1.807) is 13.8 Å². The van der Waals surface area contributed by atoms with Crippen molar-refractivity contribution in [2.24, 2.45) is 0 Å². The normalized spacial score (nSPS) is 44.3. The molecule has 0 saturated heterocycles. The molecule has 2 unspecified atom stereocenters. The monoisotopic (exact) mass is 302 g/mol. The lowest BCUT2D eigenvalue weighted by atomic mass is 9.75. The largest absolute Gasteiger partial charge is 0.393 e. The Bertz CT molecular complexity index is 294. The summed E-state index contributed by atoms with van der Waals surface area (Å²) in [6, 6.07) is 0. The lowest BCUT2D eigenvalue weighted by Gasteiger charge is -2.51. The Labute approximate surface area is 126 Å². The fourth-order valence-corrected chi connectivity index (χ4v) is 3.80. The van der Waals surface area contributed by atoms with E-state index in [0.717, 1.165) is 0 Å². The topological polar surface area (TPSA) is 90.2 Å². The van der Waals surface area contributed by atoms with Gasteiger partial charge in [0.05, 0.1) is 35.6 Å². The van der Waals surface area contributed by atoms with Crippen molar-refractivity contribution in [2.45, 2.75) is 101 Å². The molecule has 2 aliphatic rings. The van der Waals surface area contributed by atoms with Crippen molar-refractivity contribution in [1.29, 1.82) is 0 Å². The highest BCUT2D eigenvalue weighted by Crippen LogP contribution is 2.44. The number of aliphatic hydroxyl groups excluding tert-OH is 4. The molecule has 0 aliphatic heterocycles. The molecule has 5 nitrogen and oxygen atoms in total. The third-order valence-corrected chi connectivity index (χ3v) is 5.53. The van der Waals surface area contributed by atoms with E-state index in [-0.39, 0.29) is 12.2 Å². The maximum absolute atomic E-state index is 10.3. The lowest BCUT2D eigenvalue weighted by Crippen LogP contribution is -2.58. The molecule has 0 amide bonds. The molecule has 124 valence electrons. The zero-order valence-electron chi connectivity index (χ0n) is 13.2. The van der Waals surface area contributed by atoms with E-state index in [2.05, 4.69) is 0 Å². The van der Waals surface area contributed by atoms with Crippen LogP contribution >= 0.6 is 0 Å². The van der Waals surface area contributed by atoms with E-state index < -0.39 is 23.4 Å². The third kappa shape index (κ3) is 3.59. The minimum atomic E-state index is -0.696. The summed E-state index contributed by atoms with van der Waals surface area (Å²) in [7, 11) is 0. The molecule has 0 bridgehead atoms. The van der Waals surface area contributed by atoms with Crippen LogP contribution < -0.4 is 0 Å². The van der Waals surface area contributed by atoms with Gasteiger partial charge in [0, 0.05) is 0 Å². The Morgan fingerprint density at radius 2 is 1.05 bits per heavy atom. The van der Waals surface area contributed by atoms with Crippen molar-refractivity contribution >= 4 is 0 Å². The molecule has 0 heterocycles. The predicted octanol–water partition coefficient (Wildman–Crippen LogP) is 1.11. The first-order valence-electron chi connectivity index (χ1n) is 8.22. The van der Waals surface area contributed by atoms with Gasteiger partial charge >= 0.3 is 0 Å². The molecular weight excluding hydrogens is 272 g/mol. The van der Waals surface area contributed by atoms with Gasteiger partial charge < -0.3 is 25.2 Å². The molecule has 2 fully saturated rings. The van der Waals surface area contributed by atoms with Crippen LogP contribution in [0.25, 0.3) is 0 Å². The minimum absolute atomic E-state index is 0.323. The summed E-state index contributed by atoms with van der Waals surface area (Å²) >= 11 is 0. The highest BCUT2D eigenvalue weighted by molar-refractivity contribution is 4.99. The van der Waals surface area contributed by atoms with Gasteiger partial charge in [-0.2, -0.15) is 0 Å². The molecular formula is C16H30O5. The zero-order chi connectivity index (χ0) is 15.7. The van der Waals surface area contributed by atoms with Crippen molar-refractivity contribution in [3.05, 3.63) is 0 Å². The van der Waals surface area contributed by atoms with Crippen molar-refractivity contribution in [2.75, 3.05) is 0 Å². The Morgan fingerprint density at radius 1 is 0.762 bits per heavy atom. The highest BCUT2D eigenvalue weighted by atomic mass is 16.5. The van der Waals surface area contributed by atoms with Gasteiger partial charge in [0.2, 0.25) is 0 Å². The minimum Gasteiger partial charge on any atom is -0.393 e. The number of hydrogen-bond acceptors (Lipinski definition) is 5. The number of aliphatic hydroxyl groups is 4. The second kappa shape index (κ2) is 6.50. The summed E-state index contributed by atoms with van der Waals surface area (Å²) in [6.45, 7) is 3.45. The molecule has 21 heavy (non-hydrogen) atoms. The molecule has 0 aromatic heterocycles. The van der Waals surface area contributed by atoms with Crippen LogP contribution in [0.4, 0.5) is 0 Å². The van der Waals surface area contributed by atoms with Crippen LogP contribution in [0.2, 0.25) is 0 Å². The number of ether oxygens (including phenoxy) is 1. The van der Waals surface area contributed by atoms with E-state index in [1.807, 2.05) is 0 Å². The van der Waals surface area contributed by atoms with Gasteiger partial charge in [-0.1, -0.05) is 0 Å². The average molecular weight is 302 g/mol. The highest BCUT2D eigenvalue weighted by Gasteiger charge is 2.49. The van der Waals surface area contributed by atoms with Gasteiger partial charge in [0.15, 0.2) is 0 Å². The molecule has 0 aromatic rings. The van der Waals surface area contributed by atoms with Crippen molar-refractivity contribution in [3.8, 4) is 0 Å². The fraction of sp³-hybridized carbons (Fsp3) is 1.00. The predicted molar refractivity (Wildman–Crippen MR) is 78.9 cm³/mol. The Morgan fingerprint density at radius 3 is 1.29 bits per heavy atom. The van der Waals surface area contributed by atoms with Crippen LogP contribution in [0, 0.1) is 0 Å². The number of rotatable bonds is 4. The lowest BCUT2D eigenvalue weighted by molar-refractivity contribution is -0.255. The van der Waals surface area contributed by atoms with E-state index >= 15 is 0 Å². The van der Waals surface area contributed by atoms with Crippen LogP contribution in [-0.2, 0) is 4.74 Å². The van der Waals surface area contributed by atoms with Crippen LogP contribution in [0.3, 0.4) is 0 Å². The van der Waals surface area contributed by atoms with Gasteiger partial charge in [-0.25, -0.2) is 0 Å². The first kappa shape index (κ1) is 17.2. The summed E-state index contributed by atoms with van der Waals surface area (Å²) in [4.78, 5) is 0. The SMILES string of the molecule is CC(O)C1(OC2(C(C)O)CCC(O)CC2)CCC(O)CC1. The molecule has 0 spiro atoms. The molecule has 2 aliphatic carbocycles. The van der Waals surface area contributed by atoms with E-state index in [1.165, 1.54) is 0 Å². The van der Waals surface area contributed by atoms with Crippen molar-refractivity contribution in [3.63, 3.8) is 0 Å². The Balaban J connectivity index is 2.17. The van der Waals surface area contributed by atoms with Gasteiger partial charge in [0.25, 0.3) is 0 Å². The van der Waals surface area contributed by atoms with Crippen molar-refractivity contribution < 1.29 is 25.2 Å². The van der Waals surface area contributed by atoms with Crippen LogP contribution in [0.15, 0.2) is 0 Å². The van der Waals surface area contributed by atoms with Crippen LogP contribution in [0.5, 0.6) is 0 Å². The zero-order valence-corrected chi connectivity index (χ0v) is 13.2. The molecule has 4 N–H and O–H groups in total. The summed E-state index contributed by atoms with van der Waals surface area (Å²) in [5, 5.41) is 39.9. The average Bonchev–Trinajstić information content (AvgIpc) is 2.44. The molecule has 2 rings (SSSR count). The van der Waals surface area contributed by atoms with Crippen molar-refractivity contribution in [1.82, 2.24) is 0 Å². The quantitative estimate of drug-likeness (QED) is 0.625. The molecule has 0 aromatic carbocycles. The maximum Gasteiger partial charge on any atom is 0.0948 e. The molecule has 0 radical (unpaired) electrons. The van der Waals surface area contributed by atoms with Gasteiger partial charge in [0.1, 0.15) is 0 Å². The molecule has 5 heteroatoms. The van der Waals surface area contributed by atoms with Gasteiger partial charge in [-0.05, 0) is 65.2 Å². The van der Waals surface area contributed by atoms with Crippen LogP contribution in [0.1, 0.15) is 65.2 Å². The van der Waals surface area contributed by atoms with E-state index in [0.29, 0.717) is 51.4 Å². The van der Waals surface area contributed by atoms with Gasteiger partial charge in [-0.3, -0.25) is 0 Å². The second-order valence-electron chi connectivity index (χ2n) is 7.05. The summed E-state index contributed by atoms with van der Waals surface area (Å²) in [6.07, 6.45) is 2.92. The molecule has 2 atom stereocenters. The van der Waals surface area contributed by atoms with E-state index in [9.17, 15) is 20.4 Å². The van der Waals surface area contributed by atoms with Gasteiger partial charge in [-0.15, -0.1) is 0 Å². The first-order valence-corrected chi connectivity index (χ1v) is 8.22. The maximum atomic E-state index is 10.3. The first-order chi connectivity index (χ1) is 9.80. The Kier molecular flexibility index (Phi) is 5.31. The molecule has 2 saturated carbocycles. The second-order valence-corrected chi connectivity index (χ2v) is 7.05. The van der Waals surface area contributed by atoms with Crippen LogP contribution in [-0.4, -0.2) is 56.0 Å². The smallest absolute Gasteiger partial charge is 0.0948 e. The summed E-state index contributed by atoms with van der Waals surface area (Å²) in [5.41, 5.74) is -1.39. The summed E-state index contributed by atoms with van der Waals surface area (Å²) < 4.78 is 6.40. The Hall–Kier alpha value is -0.200. The van der Waals surface area contributed by atoms with E-state index in [4.69, 9.17) is 4.74 Å².